The van der Waals surface area contributed by atoms with Crippen molar-refractivity contribution in [1.29, 1.82) is 0 Å². The van der Waals surface area contributed by atoms with Gasteiger partial charge in [-0.15, -0.1) is 0 Å². The van der Waals surface area contributed by atoms with Gasteiger partial charge in [-0.25, -0.2) is 0 Å². The van der Waals surface area contributed by atoms with Crippen LogP contribution >= 0.6 is 0 Å². The van der Waals surface area contributed by atoms with Crippen LogP contribution in [0.15, 0.2) is 60.7 Å². The molecule has 2 aromatic rings. The molecule has 2 aliphatic rings. The molecule has 2 aliphatic heterocycles. The van der Waals surface area contributed by atoms with Gasteiger partial charge in [0.1, 0.15) is 42.7 Å². The zero-order valence-electron chi connectivity index (χ0n) is 22.9. The number of carbonyl (C=O) groups excluding carboxylic acids is 1. The number of methoxy groups -OCH3 is 1. The second kappa shape index (κ2) is 14.4. The van der Waals surface area contributed by atoms with Crippen molar-refractivity contribution >= 4 is 5.91 Å². The van der Waals surface area contributed by atoms with Crippen LogP contribution in [-0.2, 0) is 46.4 Å². The summed E-state index contributed by atoms with van der Waals surface area (Å²) in [6.45, 7) is 3.09. The van der Waals surface area contributed by atoms with Crippen molar-refractivity contribution in [2.75, 3.05) is 13.7 Å². The molecule has 0 bridgehead atoms. The van der Waals surface area contributed by atoms with E-state index in [0.29, 0.717) is 6.61 Å². The Bertz CT molecular complexity index is 1040. The summed E-state index contributed by atoms with van der Waals surface area (Å²) in [6, 6.07) is 18.2. The van der Waals surface area contributed by atoms with E-state index in [0.717, 1.165) is 11.1 Å². The highest BCUT2D eigenvalue weighted by Crippen LogP contribution is 2.33. The zero-order valence-corrected chi connectivity index (χ0v) is 22.9. The number of hydrogen-bond acceptors (Lipinski definition) is 10. The maximum Gasteiger partial charge on any atom is 0.217 e. The molecule has 220 valence electrons. The molecule has 0 aromatic heterocycles. The lowest BCUT2D eigenvalue weighted by Crippen LogP contribution is -2.67. The standard InChI is InChI=1S/C29H39NO10/c1-17-25(36-15-19-10-6-4-7-11-19)26(37-16-20-12-8-5-9-13-20)27(29(35-3)38-17)40-28-22(30-18(2)32)24(34)23(33)21(14-31)39-28/h4-13,17,21-29,31,33-34H,14-16H2,1-3H3,(H,30,32)/t17-,21+,22+,23+,24+,25-,26+,27+,28-,29+/m0/s1. The first kappa shape index (κ1) is 30.5. The van der Waals surface area contributed by atoms with E-state index in [9.17, 15) is 20.1 Å². The van der Waals surface area contributed by atoms with Crippen LogP contribution in [0.4, 0.5) is 0 Å². The highest BCUT2D eigenvalue weighted by atomic mass is 16.8. The van der Waals surface area contributed by atoms with Crippen molar-refractivity contribution in [3.63, 3.8) is 0 Å². The van der Waals surface area contributed by atoms with Gasteiger partial charge in [0.15, 0.2) is 12.6 Å². The number of amides is 1. The lowest BCUT2D eigenvalue weighted by atomic mass is 9.95. The molecule has 0 aliphatic carbocycles. The van der Waals surface area contributed by atoms with Crippen molar-refractivity contribution in [3.8, 4) is 0 Å². The summed E-state index contributed by atoms with van der Waals surface area (Å²) in [5.74, 6) is -0.464. The number of hydrogen-bond donors (Lipinski definition) is 4. The number of benzene rings is 2. The van der Waals surface area contributed by atoms with Crippen LogP contribution in [0.2, 0.25) is 0 Å². The van der Waals surface area contributed by atoms with Crippen LogP contribution in [0.25, 0.3) is 0 Å². The molecule has 10 atom stereocenters. The number of aliphatic hydroxyl groups excluding tert-OH is 3. The minimum Gasteiger partial charge on any atom is -0.394 e. The molecule has 40 heavy (non-hydrogen) atoms. The van der Waals surface area contributed by atoms with Gasteiger partial charge in [-0.3, -0.25) is 4.79 Å². The number of rotatable bonds is 11. The van der Waals surface area contributed by atoms with E-state index in [2.05, 4.69) is 5.32 Å². The van der Waals surface area contributed by atoms with E-state index in [4.69, 9.17) is 28.4 Å². The van der Waals surface area contributed by atoms with Crippen molar-refractivity contribution in [2.45, 2.75) is 88.4 Å². The van der Waals surface area contributed by atoms with Gasteiger partial charge in [-0.05, 0) is 18.1 Å². The first-order chi connectivity index (χ1) is 19.3. The minimum atomic E-state index is -1.47. The van der Waals surface area contributed by atoms with E-state index < -0.39 is 73.9 Å². The first-order valence-corrected chi connectivity index (χ1v) is 13.4. The Balaban J connectivity index is 1.63. The molecule has 4 rings (SSSR count). The van der Waals surface area contributed by atoms with Gasteiger partial charge >= 0.3 is 0 Å². The van der Waals surface area contributed by atoms with E-state index in [-0.39, 0.29) is 6.61 Å². The summed E-state index contributed by atoms with van der Waals surface area (Å²) >= 11 is 0. The van der Waals surface area contributed by atoms with Gasteiger partial charge in [-0.2, -0.15) is 0 Å². The predicted octanol–water partition coefficient (Wildman–Crippen LogP) is 0.877. The van der Waals surface area contributed by atoms with Crippen LogP contribution in [0.1, 0.15) is 25.0 Å². The van der Waals surface area contributed by atoms with E-state index in [1.165, 1.54) is 14.0 Å². The molecule has 2 aromatic carbocycles. The Labute approximate surface area is 233 Å². The fourth-order valence-corrected chi connectivity index (χ4v) is 5.00. The number of aliphatic hydroxyl groups is 3. The summed E-state index contributed by atoms with van der Waals surface area (Å²) in [5, 5.41) is 33.5. The molecule has 2 saturated heterocycles. The summed E-state index contributed by atoms with van der Waals surface area (Å²) in [7, 11) is 1.47. The fraction of sp³-hybridized carbons (Fsp3) is 0.552. The highest BCUT2D eigenvalue weighted by molar-refractivity contribution is 5.73. The van der Waals surface area contributed by atoms with E-state index in [1.54, 1.807) is 0 Å². The largest absolute Gasteiger partial charge is 0.394 e. The van der Waals surface area contributed by atoms with Crippen LogP contribution in [0.5, 0.6) is 0 Å². The lowest BCUT2D eigenvalue weighted by Gasteiger charge is -2.48. The van der Waals surface area contributed by atoms with E-state index >= 15 is 0 Å². The lowest BCUT2D eigenvalue weighted by molar-refractivity contribution is -0.357. The molecule has 0 unspecified atom stereocenters. The Kier molecular flexibility index (Phi) is 11.0. The fourth-order valence-electron chi connectivity index (χ4n) is 5.00. The molecule has 4 N–H and O–H groups in total. The summed E-state index contributed by atoms with van der Waals surface area (Å²) in [6.07, 6.45) is -9.03. The Morgan fingerprint density at radius 3 is 1.95 bits per heavy atom. The predicted molar refractivity (Wildman–Crippen MR) is 142 cm³/mol. The molecule has 11 heteroatoms. The average Bonchev–Trinajstić information content (AvgIpc) is 2.96. The molecule has 11 nitrogen and oxygen atoms in total. The third kappa shape index (κ3) is 7.43. The Morgan fingerprint density at radius 1 is 0.850 bits per heavy atom. The van der Waals surface area contributed by atoms with Crippen LogP contribution in [-0.4, -0.2) is 96.3 Å². The van der Waals surface area contributed by atoms with Gasteiger partial charge in [0.25, 0.3) is 0 Å². The third-order valence-corrected chi connectivity index (χ3v) is 7.07. The topological polar surface area (TPSA) is 145 Å². The number of nitrogens with one attached hydrogen (secondary N) is 1. The smallest absolute Gasteiger partial charge is 0.217 e. The van der Waals surface area contributed by atoms with Crippen molar-refractivity contribution in [3.05, 3.63) is 71.8 Å². The molecule has 2 heterocycles. The monoisotopic (exact) mass is 561 g/mol. The van der Waals surface area contributed by atoms with Crippen molar-refractivity contribution < 1.29 is 48.5 Å². The maximum absolute atomic E-state index is 12.0. The average molecular weight is 562 g/mol. The first-order valence-electron chi connectivity index (χ1n) is 13.4. The van der Waals surface area contributed by atoms with Gasteiger partial charge in [0.2, 0.25) is 5.91 Å². The highest BCUT2D eigenvalue weighted by Gasteiger charge is 2.52. The van der Waals surface area contributed by atoms with Gasteiger partial charge < -0.3 is 49.1 Å². The summed E-state index contributed by atoms with van der Waals surface area (Å²) in [5.41, 5.74) is 1.90. The normalized spacial score (nSPS) is 34.4. The van der Waals surface area contributed by atoms with Crippen molar-refractivity contribution in [2.24, 2.45) is 0 Å². The van der Waals surface area contributed by atoms with Gasteiger partial charge in [0.05, 0.1) is 25.9 Å². The summed E-state index contributed by atoms with van der Waals surface area (Å²) in [4.78, 5) is 12.0. The van der Waals surface area contributed by atoms with Crippen LogP contribution in [0, 0.1) is 0 Å². The SMILES string of the molecule is CO[C@@H]1O[C@@H](C)[C@H](OCc2ccccc2)[C@@H](OCc2ccccc2)[C@H]1O[C@@H]1O[C@H](CO)[C@@H](O)[C@H](O)[C@H]1NC(C)=O. The maximum atomic E-state index is 12.0. The Morgan fingerprint density at radius 2 is 1.43 bits per heavy atom. The molecule has 0 spiro atoms. The van der Waals surface area contributed by atoms with Gasteiger partial charge in [0, 0.05) is 14.0 Å². The summed E-state index contributed by atoms with van der Waals surface area (Å²) < 4.78 is 36.7. The molecule has 0 radical (unpaired) electrons. The minimum absolute atomic E-state index is 0.237. The zero-order chi connectivity index (χ0) is 28.6. The van der Waals surface area contributed by atoms with Crippen molar-refractivity contribution in [1.82, 2.24) is 5.32 Å². The second-order valence-electron chi connectivity index (χ2n) is 10.0. The molecular weight excluding hydrogens is 522 g/mol. The van der Waals surface area contributed by atoms with Crippen LogP contribution < -0.4 is 5.32 Å². The van der Waals surface area contributed by atoms with E-state index in [1.807, 2.05) is 67.6 Å². The molecule has 1 amide bonds. The third-order valence-electron chi connectivity index (χ3n) is 7.07. The van der Waals surface area contributed by atoms with Crippen LogP contribution in [0.3, 0.4) is 0 Å². The molecule has 0 saturated carbocycles. The number of carbonyl (C=O) groups is 1. The molecular formula is C29H39NO10. The second-order valence-corrected chi connectivity index (χ2v) is 10.0. The van der Waals surface area contributed by atoms with Gasteiger partial charge in [-0.1, -0.05) is 60.7 Å². The number of ether oxygens (including phenoxy) is 6. The Hall–Kier alpha value is -2.45. The molecule has 2 fully saturated rings. The quantitative estimate of drug-likeness (QED) is 0.312.